The van der Waals surface area contributed by atoms with Gasteiger partial charge in [0, 0.05) is 37.3 Å². The minimum absolute atomic E-state index is 0.0369. The van der Waals surface area contributed by atoms with E-state index in [0.717, 1.165) is 37.9 Å². The monoisotopic (exact) mass is 383 g/mol. The van der Waals surface area contributed by atoms with E-state index in [-0.39, 0.29) is 5.41 Å². The summed E-state index contributed by atoms with van der Waals surface area (Å²) < 4.78 is 5.84. The van der Waals surface area contributed by atoms with E-state index in [1.165, 1.54) is 12.1 Å². The number of hydrogen-bond acceptors (Lipinski definition) is 4. The maximum absolute atomic E-state index is 5.84. The second-order valence-electron chi connectivity index (χ2n) is 8.38. The lowest BCUT2D eigenvalue weighted by Gasteiger charge is -2.19. The molecule has 2 aromatic rings. The van der Waals surface area contributed by atoms with E-state index >= 15 is 0 Å². The number of benzene rings is 1. The first-order chi connectivity index (χ1) is 13.5. The molecule has 0 saturated carbocycles. The van der Waals surface area contributed by atoms with E-state index in [0.29, 0.717) is 18.4 Å². The van der Waals surface area contributed by atoms with E-state index in [1.807, 2.05) is 6.20 Å². The van der Waals surface area contributed by atoms with Gasteiger partial charge in [-0.25, -0.2) is 9.98 Å². The number of aromatic nitrogens is 1. The molecule has 1 atom stereocenters. The Balaban J connectivity index is 1.52. The molecule has 1 fully saturated rings. The Hall–Kier alpha value is -2.50. The van der Waals surface area contributed by atoms with Crippen LogP contribution >= 0.6 is 0 Å². The largest absolute Gasteiger partial charge is 0.443 e. The van der Waals surface area contributed by atoms with Crippen LogP contribution in [0.4, 0.5) is 5.69 Å². The minimum Gasteiger partial charge on any atom is -0.443 e. The molecule has 2 N–H and O–H groups in total. The number of aliphatic imine (C=N–C) groups is 1. The third-order valence-corrected chi connectivity index (χ3v) is 4.97. The Bertz CT molecular complexity index is 763. The summed E-state index contributed by atoms with van der Waals surface area (Å²) in [7, 11) is 0. The molecule has 1 aliphatic rings. The number of nitrogens with one attached hydrogen (secondary N) is 2. The molecule has 2 heterocycles. The van der Waals surface area contributed by atoms with Crippen LogP contribution < -0.4 is 15.5 Å². The molecule has 0 radical (unpaired) electrons. The summed E-state index contributed by atoms with van der Waals surface area (Å²) in [6.07, 6.45) is 3.00. The minimum atomic E-state index is -0.0369. The Kier molecular flexibility index (Phi) is 6.60. The van der Waals surface area contributed by atoms with Gasteiger partial charge in [0.25, 0.3) is 0 Å². The molecule has 1 aliphatic heterocycles. The van der Waals surface area contributed by atoms with Crippen LogP contribution in [-0.2, 0) is 12.0 Å². The highest BCUT2D eigenvalue weighted by Crippen LogP contribution is 2.23. The molecule has 6 nitrogen and oxygen atoms in total. The average molecular weight is 384 g/mol. The van der Waals surface area contributed by atoms with Crippen molar-refractivity contribution in [3.8, 4) is 0 Å². The van der Waals surface area contributed by atoms with Crippen molar-refractivity contribution in [2.75, 3.05) is 31.1 Å². The van der Waals surface area contributed by atoms with Gasteiger partial charge < -0.3 is 20.0 Å². The molecule has 1 unspecified atom stereocenters. The summed E-state index contributed by atoms with van der Waals surface area (Å²) in [6.45, 7) is 12.8. The first kappa shape index (κ1) is 20.2. The molecule has 0 spiro atoms. The van der Waals surface area contributed by atoms with Crippen molar-refractivity contribution >= 4 is 11.6 Å². The number of anilines is 1. The van der Waals surface area contributed by atoms with Gasteiger partial charge in [-0.05, 0) is 31.4 Å². The maximum atomic E-state index is 5.84. The number of hydrogen-bond donors (Lipinski definition) is 2. The van der Waals surface area contributed by atoms with E-state index in [1.54, 1.807) is 0 Å². The van der Waals surface area contributed by atoms with Gasteiger partial charge in [0.15, 0.2) is 5.96 Å². The molecular formula is C22H33N5O. The zero-order chi connectivity index (χ0) is 20.0. The van der Waals surface area contributed by atoms with Crippen LogP contribution in [0.3, 0.4) is 0 Å². The Morgan fingerprint density at radius 1 is 1.25 bits per heavy atom. The fraction of sp³-hybridized carbons (Fsp3) is 0.545. The van der Waals surface area contributed by atoms with Crippen molar-refractivity contribution in [2.24, 2.45) is 10.9 Å². The highest BCUT2D eigenvalue weighted by atomic mass is 16.4. The van der Waals surface area contributed by atoms with Crippen LogP contribution in [0.5, 0.6) is 0 Å². The topological polar surface area (TPSA) is 65.7 Å². The lowest BCUT2D eigenvalue weighted by molar-refractivity contribution is 0.383. The van der Waals surface area contributed by atoms with Gasteiger partial charge in [0.05, 0.1) is 6.20 Å². The van der Waals surface area contributed by atoms with Crippen LogP contribution in [0.1, 0.15) is 45.8 Å². The molecule has 0 bridgehead atoms. The molecule has 0 aliphatic carbocycles. The Morgan fingerprint density at radius 2 is 2.04 bits per heavy atom. The zero-order valence-electron chi connectivity index (χ0n) is 17.5. The predicted molar refractivity (Wildman–Crippen MR) is 115 cm³/mol. The van der Waals surface area contributed by atoms with Gasteiger partial charge in [-0.2, -0.15) is 0 Å². The molecule has 1 saturated heterocycles. The lowest BCUT2D eigenvalue weighted by Crippen LogP contribution is -2.40. The lowest BCUT2D eigenvalue weighted by atomic mass is 9.94. The van der Waals surface area contributed by atoms with Crippen molar-refractivity contribution in [3.05, 3.63) is 48.2 Å². The summed E-state index contributed by atoms with van der Waals surface area (Å²) in [6, 6.07) is 10.6. The van der Waals surface area contributed by atoms with Gasteiger partial charge in [-0.15, -0.1) is 0 Å². The van der Waals surface area contributed by atoms with Crippen molar-refractivity contribution in [1.29, 1.82) is 0 Å². The summed E-state index contributed by atoms with van der Waals surface area (Å²) in [5.74, 6) is 2.97. The maximum Gasteiger partial charge on any atom is 0.216 e. The molecule has 152 valence electrons. The van der Waals surface area contributed by atoms with Gasteiger partial charge in [-0.3, -0.25) is 0 Å². The molecule has 6 heteroatoms. The fourth-order valence-electron chi connectivity index (χ4n) is 3.33. The molecule has 3 rings (SSSR count). The van der Waals surface area contributed by atoms with E-state index in [9.17, 15) is 0 Å². The first-order valence-corrected chi connectivity index (χ1v) is 10.2. The van der Waals surface area contributed by atoms with Crippen LogP contribution in [0.25, 0.3) is 0 Å². The van der Waals surface area contributed by atoms with Crippen molar-refractivity contribution in [2.45, 2.75) is 46.1 Å². The first-order valence-electron chi connectivity index (χ1n) is 10.2. The smallest absolute Gasteiger partial charge is 0.216 e. The number of guanidine groups is 1. The highest BCUT2D eigenvalue weighted by molar-refractivity contribution is 5.79. The third kappa shape index (κ3) is 5.50. The molecule has 28 heavy (non-hydrogen) atoms. The molecule has 0 amide bonds. The van der Waals surface area contributed by atoms with Gasteiger partial charge in [0.1, 0.15) is 12.3 Å². The van der Waals surface area contributed by atoms with Crippen LogP contribution in [0.2, 0.25) is 0 Å². The number of oxazole rings is 1. The van der Waals surface area contributed by atoms with Crippen molar-refractivity contribution in [1.82, 2.24) is 15.6 Å². The zero-order valence-corrected chi connectivity index (χ0v) is 17.5. The highest BCUT2D eigenvalue weighted by Gasteiger charge is 2.23. The van der Waals surface area contributed by atoms with E-state index in [2.05, 4.69) is 83.5 Å². The van der Waals surface area contributed by atoms with Crippen LogP contribution in [-0.4, -0.2) is 37.1 Å². The quantitative estimate of drug-likeness (QED) is 0.590. The SMILES string of the molecule is CCNC(=NCc1ncc(C(C)(C)C)o1)NCC1CCN(c2ccccc2)C1. The standard InChI is InChI=1S/C22H33N5O/c1-5-23-21(26-15-20-24-14-19(28-20)22(2,3)4)25-13-17-11-12-27(16-17)18-9-7-6-8-10-18/h6-10,14,17H,5,11-13,15-16H2,1-4H3,(H2,23,25,26). The molecular weight excluding hydrogens is 350 g/mol. The summed E-state index contributed by atoms with van der Waals surface area (Å²) in [5, 5.41) is 6.80. The average Bonchev–Trinajstić information content (AvgIpc) is 3.34. The van der Waals surface area contributed by atoms with Gasteiger partial charge >= 0.3 is 0 Å². The number of nitrogens with zero attached hydrogens (tertiary/aromatic N) is 3. The van der Waals surface area contributed by atoms with Crippen molar-refractivity contribution < 1.29 is 4.42 Å². The predicted octanol–water partition coefficient (Wildman–Crippen LogP) is 3.55. The van der Waals surface area contributed by atoms with Crippen molar-refractivity contribution in [3.63, 3.8) is 0 Å². The van der Waals surface area contributed by atoms with Crippen LogP contribution in [0, 0.1) is 5.92 Å². The Labute approximate surface area is 168 Å². The van der Waals surface area contributed by atoms with E-state index in [4.69, 9.17) is 4.42 Å². The summed E-state index contributed by atoms with van der Waals surface area (Å²) in [4.78, 5) is 11.5. The molecule has 1 aromatic carbocycles. The van der Waals surface area contributed by atoms with Gasteiger partial charge in [0.2, 0.25) is 5.89 Å². The third-order valence-electron chi connectivity index (χ3n) is 4.97. The Morgan fingerprint density at radius 3 is 2.71 bits per heavy atom. The number of para-hydroxylation sites is 1. The summed E-state index contributed by atoms with van der Waals surface area (Å²) in [5.41, 5.74) is 1.27. The normalized spacial score (nSPS) is 17.8. The van der Waals surface area contributed by atoms with Crippen LogP contribution in [0.15, 0.2) is 45.9 Å². The number of rotatable bonds is 6. The van der Waals surface area contributed by atoms with E-state index < -0.39 is 0 Å². The second-order valence-corrected chi connectivity index (χ2v) is 8.38. The summed E-state index contributed by atoms with van der Waals surface area (Å²) >= 11 is 0. The second kappa shape index (κ2) is 9.13. The fourth-order valence-corrected chi connectivity index (χ4v) is 3.33. The van der Waals surface area contributed by atoms with Gasteiger partial charge in [-0.1, -0.05) is 39.0 Å². The molecule has 1 aromatic heterocycles.